The molecule has 43 heavy (non-hydrogen) atoms. The molecule has 2 atom stereocenters. The highest BCUT2D eigenvalue weighted by atomic mass is 35.5. The van der Waals surface area contributed by atoms with Crippen molar-refractivity contribution in [1.82, 2.24) is 24.4 Å². The van der Waals surface area contributed by atoms with Gasteiger partial charge in [0.15, 0.2) is 5.65 Å². The number of hydrogen-bond donors (Lipinski definition) is 0. The Morgan fingerprint density at radius 2 is 1.91 bits per heavy atom. The smallest absolute Gasteiger partial charge is 0.349 e. The molecule has 3 aromatic heterocycles. The van der Waals surface area contributed by atoms with Crippen LogP contribution in [0.1, 0.15) is 57.9 Å². The minimum absolute atomic E-state index is 0. The molecule has 0 spiro atoms. The maximum atomic E-state index is 14.1. The molecular weight excluding hydrogens is 560 g/mol. The topological polar surface area (TPSA) is 84.2 Å². The van der Waals surface area contributed by atoms with Gasteiger partial charge in [-0.3, -0.25) is 9.78 Å². The van der Waals surface area contributed by atoms with E-state index in [0.29, 0.717) is 51.9 Å². The van der Waals surface area contributed by atoms with Crippen LogP contribution in [0.25, 0.3) is 28.0 Å². The van der Waals surface area contributed by atoms with Gasteiger partial charge < -0.3 is 9.80 Å². The van der Waals surface area contributed by atoms with Crippen LogP contribution >= 0.6 is 11.6 Å². The van der Waals surface area contributed by atoms with Crippen molar-refractivity contribution in [1.29, 1.82) is 0 Å². The number of amides is 1. The first-order valence-electron chi connectivity index (χ1n) is 13.9. The average Bonchev–Trinajstić information content (AvgIpc) is 2.97. The number of carbonyl (C=O) groups is 1. The van der Waals surface area contributed by atoms with Crippen molar-refractivity contribution in [2.45, 2.75) is 60.0 Å². The molecular formula is C34H37ClN6O2. The molecule has 1 fully saturated rings. The maximum absolute atomic E-state index is 14.1. The van der Waals surface area contributed by atoms with Gasteiger partial charge in [0.2, 0.25) is 5.91 Å². The third kappa shape index (κ3) is 5.65. The zero-order chi connectivity index (χ0) is 30.3. The minimum atomic E-state index is -0.474. The molecule has 0 aliphatic carbocycles. The molecule has 1 saturated heterocycles. The zero-order valence-electron chi connectivity index (χ0n) is 24.4. The Kier molecular flexibility index (Phi) is 9.07. The predicted octanol–water partition coefficient (Wildman–Crippen LogP) is 6.16. The first kappa shape index (κ1) is 31.5. The first-order chi connectivity index (χ1) is 20.0. The van der Waals surface area contributed by atoms with E-state index in [9.17, 15) is 9.59 Å². The molecule has 0 saturated carbocycles. The van der Waals surface area contributed by atoms with Crippen LogP contribution in [0, 0.1) is 19.3 Å². The molecule has 0 bridgehead atoms. The lowest BCUT2D eigenvalue weighted by Gasteiger charge is -2.44. The van der Waals surface area contributed by atoms with Gasteiger partial charge in [-0.25, -0.2) is 14.3 Å². The van der Waals surface area contributed by atoms with E-state index in [0.717, 1.165) is 16.8 Å². The number of aryl methyl sites for hydroxylation is 1. The number of anilines is 1. The van der Waals surface area contributed by atoms with Gasteiger partial charge in [-0.2, -0.15) is 4.98 Å². The van der Waals surface area contributed by atoms with E-state index in [4.69, 9.17) is 23.0 Å². The molecule has 4 aromatic rings. The van der Waals surface area contributed by atoms with Gasteiger partial charge >= 0.3 is 5.69 Å². The summed E-state index contributed by atoms with van der Waals surface area (Å²) in [7, 11) is 0. The summed E-state index contributed by atoms with van der Waals surface area (Å²) < 4.78 is 1.55. The number of pyridine rings is 2. The van der Waals surface area contributed by atoms with Crippen molar-refractivity contribution in [3.8, 4) is 29.3 Å². The van der Waals surface area contributed by atoms with Gasteiger partial charge in [0, 0.05) is 42.5 Å². The monoisotopic (exact) mass is 596 g/mol. The van der Waals surface area contributed by atoms with Crippen LogP contribution in [0.15, 0.2) is 60.0 Å². The number of benzene rings is 1. The van der Waals surface area contributed by atoms with Crippen LogP contribution in [-0.2, 0) is 4.79 Å². The van der Waals surface area contributed by atoms with E-state index in [1.807, 2.05) is 71.0 Å². The summed E-state index contributed by atoms with van der Waals surface area (Å²) in [6.07, 6.45) is 8.75. The lowest BCUT2D eigenvalue weighted by atomic mass is 10.0. The number of piperazine rings is 1. The quantitative estimate of drug-likeness (QED) is 0.203. The zero-order valence-corrected chi connectivity index (χ0v) is 25.2. The average molecular weight is 597 g/mol. The first-order valence-corrected chi connectivity index (χ1v) is 14.3. The minimum Gasteiger partial charge on any atom is -0.349 e. The number of terminal acetylenes is 1. The highest BCUT2D eigenvalue weighted by Crippen LogP contribution is 2.36. The van der Waals surface area contributed by atoms with E-state index in [1.54, 1.807) is 15.7 Å². The summed E-state index contributed by atoms with van der Waals surface area (Å²) >= 11 is 6.92. The predicted molar refractivity (Wildman–Crippen MR) is 175 cm³/mol. The Labute approximate surface area is 258 Å². The molecule has 0 N–H and O–H groups in total. The van der Waals surface area contributed by atoms with Crippen LogP contribution < -0.4 is 10.6 Å². The number of hydrogen-bond acceptors (Lipinski definition) is 6. The fourth-order valence-electron chi connectivity index (χ4n) is 5.62. The van der Waals surface area contributed by atoms with Crippen molar-refractivity contribution in [3.63, 3.8) is 0 Å². The molecule has 1 aromatic carbocycles. The maximum Gasteiger partial charge on any atom is 0.355 e. The summed E-state index contributed by atoms with van der Waals surface area (Å²) in [6, 6.07) is 10.9. The highest BCUT2D eigenvalue weighted by molar-refractivity contribution is 6.33. The van der Waals surface area contributed by atoms with E-state index >= 15 is 0 Å². The third-order valence-electron chi connectivity index (χ3n) is 7.74. The Morgan fingerprint density at radius 1 is 1.16 bits per heavy atom. The second-order valence-corrected chi connectivity index (χ2v) is 11.4. The molecule has 222 valence electrons. The molecule has 4 heterocycles. The third-order valence-corrected chi connectivity index (χ3v) is 8.03. The SMILES string of the molecule is C.C#Cc1cccc(-c2nc3c(cc2Cl)c(N2C[C@@H](C)N(C(=O)C=C)C[C@@H]2C)nc(=O)n3-c2c(C)ccnc2C(C)C)c1. The molecule has 9 heteroatoms. The lowest BCUT2D eigenvalue weighted by Crippen LogP contribution is -2.58. The molecule has 1 amide bonds. The van der Waals surface area contributed by atoms with Crippen molar-refractivity contribution in [3.05, 3.63) is 87.6 Å². The van der Waals surface area contributed by atoms with Gasteiger partial charge in [-0.15, -0.1) is 6.42 Å². The molecule has 1 aliphatic heterocycles. The molecule has 1 aliphatic rings. The second kappa shape index (κ2) is 12.4. The lowest BCUT2D eigenvalue weighted by molar-refractivity contribution is -0.128. The van der Waals surface area contributed by atoms with Gasteiger partial charge in [0.05, 0.1) is 27.5 Å². The normalized spacial score (nSPS) is 16.6. The van der Waals surface area contributed by atoms with E-state index in [-0.39, 0.29) is 31.3 Å². The summed E-state index contributed by atoms with van der Waals surface area (Å²) in [5.41, 5.74) is 4.16. The molecule has 0 unspecified atom stereocenters. The molecule has 0 radical (unpaired) electrons. The fraction of sp³-hybridized carbons (Fsp3) is 0.324. The molecule has 5 rings (SSSR count). The second-order valence-electron chi connectivity index (χ2n) is 11.0. The van der Waals surface area contributed by atoms with Crippen LogP contribution in [0.3, 0.4) is 0 Å². The van der Waals surface area contributed by atoms with Crippen molar-refractivity contribution in [2.75, 3.05) is 18.0 Å². The van der Waals surface area contributed by atoms with Gasteiger partial charge in [0.25, 0.3) is 0 Å². The van der Waals surface area contributed by atoms with E-state index < -0.39 is 5.69 Å². The van der Waals surface area contributed by atoms with Crippen molar-refractivity contribution in [2.24, 2.45) is 0 Å². The summed E-state index contributed by atoms with van der Waals surface area (Å²) in [5, 5.41) is 1.02. The largest absolute Gasteiger partial charge is 0.355 e. The highest BCUT2D eigenvalue weighted by Gasteiger charge is 2.34. The van der Waals surface area contributed by atoms with Crippen LogP contribution in [0.5, 0.6) is 0 Å². The summed E-state index contributed by atoms with van der Waals surface area (Å²) in [6.45, 7) is 14.6. The number of rotatable bonds is 5. The number of nitrogens with zero attached hydrogens (tertiary/aromatic N) is 6. The van der Waals surface area contributed by atoms with Crippen LogP contribution in [-0.4, -0.2) is 55.5 Å². The Morgan fingerprint density at radius 3 is 2.58 bits per heavy atom. The Hall–Kier alpha value is -4.48. The van der Waals surface area contributed by atoms with E-state index in [2.05, 4.69) is 27.4 Å². The fourth-order valence-corrected chi connectivity index (χ4v) is 5.88. The van der Waals surface area contributed by atoms with Gasteiger partial charge in [0.1, 0.15) is 5.82 Å². The summed E-state index contributed by atoms with van der Waals surface area (Å²) in [4.78, 5) is 44.7. The number of aromatic nitrogens is 4. The van der Waals surface area contributed by atoms with Crippen LogP contribution in [0.2, 0.25) is 5.02 Å². The standard InChI is InChI=1S/C33H33ClN6O2.CH4/c1-8-23-11-10-12-24(15-23)29-26(34)16-25-31(39-18-21(6)38(17-22(39)7)27(41)9-2)37-33(42)40(32(25)36-29)30-20(5)13-14-35-28(30)19(3)4;/h1,9-16,19,21-22H,2,17-18H2,3-7H3;1H4/t21-,22+;/m1./s1. The number of halogens is 1. The van der Waals surface area contributed by atoms with Crippen molar-refractivity contribution >= 4 is 34.4 Å². The number of carbonyl (C=O) groups excluding carboxylic acids is 1. The van der Waals surface area contributed by atoms with Crippen LogP contribution in [0.4, 0.5) is 5.82 Å². The van der Waals surface area contributed by atoms with E-state index in [1.165, 1.54) is 6.08 Å². The van der Waals surface area contributed by atoms with Crippen molar-refractivity contribution < 1.29 is 4.79 Å². The van der Waals surface area contributed by atoms with Gasteiger partial charge in [-0.05, 0) is 62.6 Å². The summed E-state index contributed by atoms with van der Waals surface area (Å²) in [5.74, 6) is 3.05. The Bertz CT molecular complexity index is 1820. The number of fused-ring (bicyclic) bond motifs is 1. The molecule has 8 nitrogen and oxygen atoms in total. The van der Waals surface area contributed by atoms with Gasteiger partial charge in [-0.1, -0.05) is 57.5 Å². The Balaban J connectivity index is 0.00000423.